The molecule has 7 nitrogen and oxygen atoms in total. The highest BCUT2D eigenvalue weighted by atomic mass is 16.7. The summed E-state index contributed by atoms with van der Waals surface area (Å²) in [5.74, 6) is 0.387. The summed E-state index contributed by atoms with van der Waals surface area (Å²) in [6.45, 7) is 4.38. The quantitative estimate of drug-likeness (QED) is 0.386. The van der Waals surface area contributed by atoms with Gasteiger partial charge in [0.15, 0.2) is 0 Å². The van der Waals surface area contributed by atoms with Crippen LogP contribution in [0.5, 0.6) is 0 Å². The molecule has 0 saturated heterocycles. The molecule has 3 unspecified atom stereocenters. The molecular formula is C20H36O7. The molecule has 0 heterocycles. The van der Waals surface area contributed by atoms with Crippen LogP contribution in [0.15, 0.2) is 0 Å². The van der Waals surface area contributed by atoms with Gasteiger partial charge in [0.25, 0.3) is 0 Å². The molecule has 3 atom stereocenters. The van der Waals surface area contributed by atoms with E-state index in [1.54, 1.807) is 0 Å². The van der Waals surface area contributed by atoms with E-state index in [0.29, 0.717) is 25.4 Å². The van der Waals surface area contributed by atoms with Gasteiger partial charge in [-0.25, -0.2) is 9.59 Å². The second kappa shape index (κ2) is 14.5. The molecule has 7 heteroatoms. The standard InChI is InChI=1S/C20H36O7/c1-3-5-6-9-16(8-4-2)15-25-20(23)27-18-11-7-10-17(14-18)26-19(22)24-13-12-21/h16-18,21H,3-15H2,1-2H3. The highest BCUT2D eigenvalue weighted by molar-refractivity contribution is 5.60. The van der Waals surface area contributed by atoms with E-state index in [4.69, 9.17) is 24.1 Å². The number of aliphatic hydroxyl groups is 1. The fraction of sp³-hybridized carbons (Fsp3) is 0.900. The van der Waals surface area contributed by atoms with Crippen molar-refractivity contribution in [2.24, 2.45) is 5.92 Å². The Balaban J connectivity index is 2.30. The summed E-state index contributed by atoms with van der Waals surface area (Å²) in [5.41, 5.74) is 0. The number of hydrogen-bond donors (Lipinski definition) is 1. The van der Waals surface area contributed by atoms with Gasteiger partial charge in [0.1, 0.15) is 18.8 Å². The van der Waals surface area contributed by atoms with Crippen LogP contribution >= 0.6 is 0 Å². The lowest BCUT2D eigenvalue weighted by Crippen LogP contribution is -2.32. The first-order valence-electron chi connectivity index (χ1n) is 10.4. The maximum atomic E-state index is 12.0. The van der Waals surface area contributed by atoms with Gasteiger partial charge in [-0.3, -0.25) is 0 Å². The fourth-order valence-corrected chi connectivity index (χ4v) is 3.37. The molecule has 0 bridgehead atoms. The highest BCUT2D eigenvalue weighted by Crippen LogP contribution is 2.24. The largest absolute Gasteiger partial charge is 0.508 e. The Hall–Kier alpha value is -1.50. The first-order valence-corrected chi connectivity index (χ1v) is 10.4. The number of unbranched alkanes of at least 4 members (excludes halogenated alkanes) is 2. The maximum absolute atomic E-state index is 12.0. The lowest BCUT2D eigenvalue weighted by atomic mass is 9.95. The third-order valence-electron chi connectivity index (χ3n) is 4.76. The van der Waals surface area contributed by atoms with Crippen LogP contribution in [0.4, 0.5) is 9.59 Å². The zero-order valence-electron chi connectivity index (χ0n) is 16.8. The maximum Gasteiger partial charge on any atom is 0.508 e. The van der Waals surface area contributed by atoms with Crippen molar-refractivity contribution in [1.29, 1.82) is 0 Å². The average Bonchev–Trinajstić information content (AvgIpc) is 2.65. The third-order valence-corrected chi connectivity index (χ3v) is 4.76. The van der Waals surface area contributed by atoms with Crippen molar-refractivity contribution in [2.45, 2.75) is 90.3 Å². The normalized spacial score (nSPS) is 20.6. The van der Waals surface area contributed by atoms with Crippen molar-refractivity contribution in [1.82, 2.24) is 0 Å². The Bertz CT molecular complexity index is 413. The molecular weight excluding hydrogens is 352 g/mol. The van der Waals surface area contributed by atoms with Crippen molar-refractivity contribution in [3.63, 3.8) is 0 Å². The van der Waals surface area contributed by atoms with E-state index in [1.807, 2.05) is 0 Å². The molecule has 1 saturated carbocycles. The molecule has 0 spiro atoms. The molecule has 0 aromatic heterocycles. The third kappa shape index (κ3) is 11.1. The van der Waals surface area contributed by atoms with Gasteiger partial charge in [0.05, 0.1) is 13.2 Å². The number of rotatable bonds is 12. The van der Waals surface area contributed by atoms with Crippen molar-refractivity contribution >= 4 is 12.3 Å². The number of carbonyl (C=O) groups is 2. The predicted molar refractivity (Wildman–Crippen MR) is 101 cm³/mol. The fourth-order valence-electron chi connectivity index (χ4n) is 3.37. The van der Waals surface area contributed by atoms with Crippen LogP contribution in [0.25, 0.3) is 0 Å². The van der Waals surface area contributed by atoms with Gasteiger partial charge in [0.2, 0.25) is 0 Å². The molecule has 0 aliphatic heterocycles. The summed E-state index contributed by atoms with van der Waals surface area (Å²) in [7, 11) is 0. The molecule has 0 aromatic carbocycles. The van der Waals surface area contributed by atoms with E-state index in [1.165, 1.54) is 12.8 Å². The first kappa shape index (κ1) is 23.5. The second-order valence-corrected chi connectivity index (χ2v) is 7.18. The van der Waals surface area contributed by atoms with Crippen LogP contribution in [-0.4, -0.2) is 49.4 Å². The van der Waals surface area contributed by atoms with E-state index in [9.17, 15) is 9.59 Å². The summed E-state index contributed by atoms with van der Waals surface area (Å²) < 4.78 is 20.6. The number of carbonyl (C=O) groups excluding carboxylic acids is 2. The van der Waals surface area contributed by atoms with E-state index in [0.717, 1.165) is 38.5 Å². The summed E-state index contributed by atoms with van der Waals surface area (Å²) in [6, 6.07) is 0. The summed E-state index contributed by atoms with van der Waals surface area (Å²) in [4.78, 5) is 23.5. The Kier molecular flexibility index (Phi) is 12.7. The van der Waals surface area contributed by atoms with Crippen LogP contribution in [0, 0.1) is 5.92 Å². The lowest BCUT2D eigenvalue weighted by molar-refractivity contribution is -0.0391. The summed E-state index contributed by atoms with van der Waals surface area (Å²) >= 11 is 0. The minimum absolute atomic E-state index is 0.0883. The Labute approximate surface area is 162 Å². The van der Waals surface area contributed by atoms with E-state index < -0.39 is 12.3 Å². The molecule has 1 N–H and O–H groups in total. The van der Waals surface area contributed by atoms with Gasteiger partial charge in [-0.15, -0.1) is 0 Å². The van der Waals surface area contributed by atoms with Gasteiger partial charge in [-0.2, -0.15) is 0 Å². The molecule has 1 rings (SSSR count). The second-order valence-electron chi connectivity index (χ2n) is 7.18. The Morgan fingerprint density at radius 2 is 1.63 bits per heavy atom. The van der Waals surface area contributed by atoms with Crippen molar-refractivity contribution in [2.75, 3.05) is 19.8 Å². The van der Waals surface area contributed by atoms with Crippen LogP contribution in [0.1, 0.15) is 78.1 Å². The topological polar surface area (TPSA) is 91.3 Å². The summed E-state index contributed by atoms with van der Waals surface area (Å²) in [6.07, 6.45) is 7.32. The van der Waals surface area contributed by atoms with E-state index in [-0.39, 0.29) is 25.4 Å². The van der Waals surface area contributed by atoms with Gasteiger partial charge in [-0.05, 0) is 38.0 Å². The van der Waals surface area contributed by atoms with Crippen molar-refractivity contribution in [3.8, 4) is 0 Å². The van der Waals surface area contributed by atoms with Crippen LogP contribution in [0.3, 0.4) is 0 Å². The smallest absolute Gasteiger partial charge is 0.434 e. The monoisotopic (exact) mass is 388 g/mol. The highest BCUT2D eigenvalue weighted by Gasteiger charge is 2.28. The Morgan fingerprint density at radius 1 is 0.963 bits per heavy atom. The van der Waals surface area contributed by atoms with Crippen LogP contribution in [0.2, 0.25) is 0 Å². The minimum Gasteiger partial charge on any atom is -0.434 e. The van der Waals surface area contributed by atoms with Gasteiger partial charge in [0, 0.05) is 6.42 Å². The molecule has 1 aliphatic rings. The number of ether oxygens (including phenoxy) is 4. The lowest BCUT2D eigenvalue weighted by Gasteiger charge is -2.28. The van der Waals surface area contributed by atoms with Crippen molar-refractivity contribution in [3.05, 3.63) is 0 Å². The van der Waals surface area contributed by atoms with Gasteiger partial charge >= 0.3 is 12.3 Å². The molecule has 0 aromatic rings. The molecule has 1 fully saturated rings. The molecule has 158 valence electrons. The molecule has 1 aliphatic carbocycles. The SMILES string of the molecule is CCCCCC(CCC)COC(=O)OC1CCCC(OC(=O)OCCO)C1. The van der Waals surface area contributed by atoms with Crippen LogP contribution < -0.4 is 0 Å². The van der Waals surface area contributed by atoms with E-state index >= 15 is 0 Å². The zero-order valence-corrected chi connectivity index (χ0v) is 16.8. The Morgan fingerprint density at radius 3 is 2.22 bits per heavy atom. The molecule has 0 amide bonds. The van der Waals surface area contributed by atoms with Crippen LogP contribution in [-0.2, 0) is 18.9 Å². The molecule has 27 heavy (non-hydrogen) atoms. The predicted octanol–water partition coefficient (Wildman–Crippen LogP) is 4.59. The zero-order chi connectivity index (χ0) is 19.9. The first-order chi connectivity index (χ1) is 13.1. The summed E-state index contributed by atoms with van der Waals surface area (Å²) in [5, 5.41) is 8.64. The van der Waals surface area contributed by atoms with E-state index in [2.05, 4.69) is 13.8 Å². The number of aliphatic hydroxyl groups excluding tert-OH is 1. The minimum atomic E-state index is -0.799. The van der Waals surface area contributed by atoms with Gasteiger partial charge < -0.3 is 24.1 Å². The molecule has 0 radical (unpaired) electrons. The average molecular weight is 389 g/mol. The van der Waals surface area contributed by atoms with Crippen molar-refractivity contribution < 1.29 is 33.6 Å². The number of hydrogen-bond acceptors (Lipinski definition) is 7. The van der Waals surface area contributed by atoms with Gasteiger partial charge in [-0.1, -0.05) is 39.5 Å².